The maximum Gasteiger partial charge on any atom is 0.262 e. The number of imide groups is 1. The van der Waals surface area contributed by atoms with E-state index in [2.05, 4.69) is 5.32 Å². The van der Waals surface area contributed by atoms with Gasteiger partial charge in [0.25, 0.3) is 11.8 Å². The van der Waals surface area contributed by atoms with Crippen LogP contribution in [0.15, 0.2) is 103 Å². The number of hydrogen-bond acceptors (Lipinski definition) is 4. The number of aryl methyl sites for hydroxylation is 1. The van der Waals surface area contributed by atoms with Crippen molar-refractivity contribution in [2.24, 2.45) is 0 Å². The van der Waals surface area contributed by atoms with Crippen LogP contribution in [0.4, 0.5) is 5.69 Å². The first kappa shape index (κ1) is 23.1. The molecule has 4 aromatic rings. The lowest BCUT2D eigenvalue weighted by atomic mass is 10.0. The minimum atomic E-state index is -1.01. The first-order valence-corrected chi connectivity index (χ1v) is 11.7. The Morgan fingerprint density at radius 1 is 0.778 bits per heavy atom. The molecular formula is C30H24N2O4. The molecular weight excluding hydrogens is 452 g/mol. The van der Waals surface area contributed by atoms with E-state index in [1.165, 1.54) is 0 Å². The molecule has 1 N–H and O–H groups in total. The van der Waals surface area contributed by atoms with Crippen LogP contribution in [0.1, 0.15) is 31.8 Å². The summed E-state index contributed by atoms with van der Waals surface area (Å²) in [5, 5.41) is 2.87. The van der Waals surface area contributed by atoms with Crippen LogP contribution in [0.2, 0.25) is 0 Å². The van der Waals surface area contributed by atoms with Crippen molar-refractivity contribution in [1.29, 1.82) is 0 Å². The predicted molar refractivity (Wildman–Crippen MR) is 137 cm³/mol. The van der Waals surface area contributed by atoms with E-state index in [0.29, 0.717) is 22.6 Å². The van der Waals surface area contributed by atoms with Gasteiger partial charge in [-0.15, -0.1) is 0 Å². The lowest BCUT2D eigenvalue weighted by Gasteiger charge is -2.25. The molecule has 178 valence electrons. The molecule has 0 radical (unpaired) electrons. The van der Waals surface area contributed by atoms with Gasteiger partial charge in [0.05, 0.1) is 11.1 Å². The van der Waals surface area contributed by atoms with Gasteiger partial charge in [0.15, 0.2) is 0 Å². The van der Waals surface area contributed by atoms with E-state index in [1.54, 1.807) is 48.5 Å². The van der Waals surface area contributed by atoms with Crippen molar-refractivity contribution < 1.29 is 19.1 Å². The average Bonchev–Trinajstić information content (AvgIpc) is 3.15. The van der Waals surface area contributed by atoms with Crippen LogP contribution in [0, 0.1) is 6.92 Å². The van der Waals surface area contributed by atoms with Crippen molar-refractivity contribution in [1.82, 2.24) is 4.90 Å². The van der Waals surface area contributed by atoms with Gasteiger partial charge in [0.1, 0.15) is 17.5 Å². The number of amides is 3. The fraction of sp³-hybridized carbons (Fsp3) is 0.100. The zero-order chi connectivity index (χ0) is 25.1. The van der Waals surface area contributed by atoms with E-state index in [0.717, 1.165) is 21.8 Å². The monoisotopic (exact) mass is 476 g/mol. The van der Waals surface area contributed by atoms with Gasteiger partial charge >= 0.3 is 0 Å². The summed E-state index contributed by atoms with van der Waals surface area (Å²) in [6.45, 7) is 1.97. The Morgan fingerprint density at radius 2 is 1.36 bits per heavy atom. The Hall–Kier alpha value is -4.71. The molecule has 0 bridgehead atoms. The van der Waals surface area contributed by atoms with Crippen LogP contribution in [-0.4, -0.2) is 28.7 Å². The molecule has 0 spiro atoms. The largest absolute Gasteiger partial charge is 0.457 e. The maximum absolute atomic E-state index is 13.5. The van der Waals surface area contributed by atoms with Crippen LogP contribution in [0.3, 0.4) is 0 Å². The van der Waals surface area contributed by atoms with Crippen LogP contribution in [0.5, 0.6) is 11.5 Å². The number of anilines is 1. The number of fused-ring (bicyclic) bond motifs is 1. The smallest absolute Gasteiger partial charge is 0.262 e. The minimum Gasteiger partial charge on any atom is -0.457 e. The fourth-order valence-electron chi connectivity index (χ4n) is 4.26. The summed E-state index contributed by atoms with van der Waals surface area (Å²) in [5.41, 5.74) is 3.01. The second-order valence-corrected chi connectivity index (χ2v) is 8.61. The first-order chi connectivity index (χ1) is 17.5. The molecule has 6 heteroatoms. The lowest BCUT2D eigenvalue weighted by molar-refractivity contribution is -0.119. The van der Waals surface area contributed by atoms with Crippen LogP contribution in [0.25, 0.3) is 0 Å². The number of nitrogens with one attached hydrogen (secondary N) is 1. The summed E-state index contributed by atoms with van der Waals surface area (Å²) in [6, 6.07) is 29.7. The quantitative estimate of drug-likeness (QED) is 0.351. The van der Waals surface area contributed by atoms with Crippen molar-refractivity contribution in [2.75, 3.05) is 5.32 Å². The van der Waals surface area contributed by atoms with E-state index >= 15 is 0 Å². The molecule has 1 aliphatic rings. The Bertz CT molecular complexity index is 1400. The molecule has 0 unspecified atom stereocenters. The lowest BCUT2D eigenvalue weighted by Crippen LogP contribution is -2.48. The molecule has 0 fully saturated rings. The second-order valence-electron chi connectivity index (χ2n) is 8.61. The number of carbonyl (C=O) groups excluding carboxylic acids is 3. The molecule has 4 aromatic carbocycles. The standard InChI is InChI=1S/C30H24N2O4/c1-20-9-5-8-14-27(20)36-23-17-15-22(16-18-23)31-28(33)26(19-21-10-3-2-4-11-21)32-29(34)24-12-6-7-13-25(24)30(32)35/h2-18,26H,19H2,1H3,(H,31,33)/t26-/m1/s1. The van der Waals surface area contributed by atoms with Gasteiger partial charge in [-0.1, -0.05) is 60.7 Å². The molecule has 36 heavy (non-hydrogen) atoms. The highest BCUT2D eigenvalue weighted by Crippen LogP contribution is 2.28. The molecule has 1 aliphatic heterocycles. The van der Waals surface area contributed by atoms with Crippen LogP contribution >= 0.6 is 0 Å². The summed E-state index contributed by atoms with van der Waals surface area (Å²) in [4.78, 5) is 40.9. The van der Waals surface area contributed by atoms with E-state index < -0.39 is 23.8 Å². The van der Waals surface area contributed by atoms with Crippen molar-refractivity contribution in [3.8, 4) is 11.5 Å². The van der Waals surface area contributed by atoms with E-state index in [9.17, 15) is 14.4 Å². The second kappa shape index (κ2) is 9.88. The van der Waals surface area contributed by atoms with Gasteiger partial charge in [-0.25, -0.2) is 0 Å². The third kappa shape index (κ3) is 4.61. The van der Waals surface area contributed by atoms with E-state index in [1.807, 2.05) is 61.5 Å². The molecule has 0 aromatic heterocycles. The highest BCUT2D eigenvalue weighted by molar-refractivity contribution is 6.23. The van der Waals surface area contributed by atoms with Gasteiger partial charge in [-0.3, -0.25) is 19.3 Å². The number of carbonyl (C=O) groups is 3. The van der Waals surface area contributed by atoms with E-state index in [-0.39, 0.29) is 6.42 Å². The molecule has 0 saturated heterocycles. The first-order valence-electron chi connectivity index (χ1n) is 11.7. The van der Waals surface area contributed by atoms with Crippen LogP contribution < -0.4 is 10.1 Å². The van der Waals surface area contributed by atoms with Gasteiger partial charge < -0.3 is 10.1 Å². The highest BCUT2D eigenvalue weighted by Gasteiger charge is 2.42. The third-order valence-corrected chi connectivity index (χ3v) is 6.15. The topological polar surface area (TPSA) is 75.7 Å². The predicted octanol–water partition coefficient (Wildman–Crippen LogP) is 5.63. The van der Waals surface area contributed by atoms with Crippen molar-refractivity contribution in [2.45, 2.75) is 19.4 Å². The molecule has 1 atom stereocenters. The van der Waals surface area contributed by atoms with Crippen molar-refractivity contribution in [3.05, 3.63) is 125 Å². The molecule has 0 aliphatic carbocycles. The average molecular weight is 477 g/mol. The number of ether oxygens (including phenoxy) is 1. The summed E-state index contributed by atoms with van der Waals surface area (Å²) < 4.78 is 5.93. The zero-order valence-corrected chi connectivity index (χ0v) is 19.7. The summed E-state index contributed by atoms with van der Waals surface area (Å²) in [5.74, 6) is 0.00886. The molecule has 1 heterocycles. The van der Waals surface area contributed by atoms with Gasteiger partial charge in [0.2, 0.25) is 5.91 Å². The van der Waals surface area contributed by atoms with Crippen molar-refractivity contribution in [3.63, 3.8) is 0 Å². The zero-order valence-electron chi connectivity index (χ0n) is 19.7. The van der Waals surface area contributed by atoms with Crippen molar-refractivity contribution >= 4 is 23.4 Å². The highest BCUT2D eigenvalue weighted by atomic mass is 16.5. The Kier molecular flexibility index (Phi) is 6.33. The SMILES string of the molecule is Cc1ccccc1Oc1ccc(NC(=O)[C@@H](Cc2ccccc2)N2C(=O)c3ccccc3C2=O)cc1. The number of nitrogens with zero attached hydrogens (tertiary/aromatic N) is 1. The third-order valence-electron chi connectivity index (χ3n) is 6.15. The van der Waals surface area contributed by atoms with Gasteiger partial charge in [-0.2, -0.15) is 0 Å². The summed E-state index contributed by atoms with van der Waals surface area (Å²) >= 11 is 0. The Morgan fingerprint density at radius 3 is 2.00 bits per heavy atom. The molecule has 5 rings (SSSR count). The Balaban J connectivity index is 1.37. The van der Waals surface area contributed by atoms with Gasteiger partial charge in [0, 0.05) is 12.1 Å². The summed E-state index contributed by atoms with van der Waals surface area (Å²) in [7, 11) is 0. The van der Waals surface area contributed by atoms with Gasteiger partial charge in [-0.05, 0) is 60.5 Å². The number of hydrogen-bond donors (Lipinski definition) is 1. The minimum absolute atomic E-state index is 0.201. The molecule has 0 saturated carbocycles. The van der Waals surface area contributed by atoms with Crippen LogP contribution in [-0.2, 0) is 11.2 Å². The molecule has 3 amide bonds. The summed E-state index contributed by atoms with van der Waals surface area (Å²) in [6.07, 6.45) is 0.201. The Labute approximate surface area is 209 Å². The number of para-hydroxylation sites is 1. The number of benzene rings is 4. The normalized spacial score (nSPS) is 13.3. The number of rotatable bonds is 7. The maximum atomic E-state index is 13.5. The van der Waals surface area contributed by atoms with E-state index in [4.69, 9.17) is 4.74 Å². The fourth-order valence-corrected chi connectivity index (χ4v) is 4.26. The molecule has 6 nitrogen and oxygen atoms in total.